The van der Waals surface area contributed by atoms with Crippen LogP contribution in [0.3, 0.4) is 0 Å². The highest BCUT2D eigenvalue weighted by molar-refractivity contribution is 9.11. The van der Waals surface area contributed by atoms with E-state index in [2.05, 4.69) is 65.3 Å². The molecule has 0 spiro atoms. The van der Waals surface area contributed by atoms with Crippen LogP contribution < -0.4 is 5.32 Å². The third-order valence-electron chi connectivity index (χ3n) is 2.82. The largest absolute Gasteiger partial charge is 0.311 e. The molecule has 1 rings (SSSR count). The van der Waals surface area contributed by atoms with Crippen LogP contribution in [0.2, 0.25) is 0 Å². The zero-order chi connectivity index (χ0) is 12.8. The van der Waals surface area contributed by atoms with E-state index >= 15 is 0 Å². The van der Waals surface area contributed by atoms with Crippen molar-refractivity contribution in [3.63, 3.8) is 0 Å². The highest BCUT2D eigenvalue weighted by atomic mass is 79.9. The van der Waals surface area contributed by atoms with Crippen LogP contribution in [0.1, 0.15) is 33.3 Å². The summed E-state index contributed by atoms with van der Waals surface area (Å²) in [7, 11) is 0. The molecule has 1 aromatic rings. The number of hydrogen-bond acceptors (Lipinski definition) is 3. The fraction of sp³-hybridized carbons (Fsp3) is 0.692. The number of nitrogens with zero attached hydrogens (tertiary/aromatic N) is 1. The van der Waals surface area contributed by atoms with Crippen LogP contribution in [0, 0.1) is 0 Å². The molecule has 0 aromatic carbocycles. The highest BCUT2D eigenvalue weighted by Crippen LogP contribution is 2.20. The number of halogens is 1. The molecule has 4 heteroatoms. The maximum absolute atomic E-state index is 3.50. The van der Waals surface area contributed by atoms with Crippen LogP contribution in [-0.2, 0) is 6.54 Å². The van der Waals surface area contributed by atoms with E-state index in [0.717, 1.165) is 19.6 Å². The topological polar surface area (TPSA) is 15.3 Å². The van der Waals surface area contributed by atoms with Gasteiger partial charge in [0.15, 0.2) is 0 Å². The van der Waals surface area contributed by atoms with Gasteiger partial charge in [-0.15, -0.1) is 11.3 Å². The van der Waals surface area contributed by atoms with E-state index in [1.165, 1.54) is 9.35 Å². The van der Waals surface area contributed by atoms with Crippen LogP contribution in [0.4, 0.5) is 0 Å². The maximum atomic E-state index is 3.50. The van der Waals surface area contributed by atoms with E-state index in [1.807, 2.05) is 0 Å². The summed E-state index contributed by atoms with van der Waals surface area (Å²) in [5.41, 5.74) is 1.36. The molecule has 0 aliphatic rings. The molecule has 0 saturated carbocycles. The zero-order valence-corrected chi connectivity index (χ0v) is 13.6. The van der Waals surface area contributed by atoms with Crippen molar-refractivity contribution in [2.24, 2.45) is 0 Å². The molecule has 0 saturated heterocycles. The molecule has 98 valence electrons. The second-order valence-electron chi connectivity index (χ2n) is 4.86. The lowest BCUT2D eigenvalue weighted by Crippen LogP contribution is -2.41. The Morgan fingerprint density at radius 2 is 1.94 bits per heavy atom. The van der Waals surface area contributed by atoms with Gasteiger partial charge in [-0.05, 0) is 60.6 Å². The van der Waals surface area contributed by atoms with Crippen molar-refractivity contribution in [1.82, 2.24) is 10.2 Å². The number of rotatable bonds is 7. The van der Waals surface area contributed by atoms with Crippen molar-refractivity contribution in [2.75, 3.05) is 13.1 Å². The Bertz CT molecular complexity index is 315. The minimum atomic E-state index is 0.618. The van der Waals surface area contributed by atoms with Gasteiger partial charge < -0.3 is 5.32 Å². The minimum Gasteiger partial charge on any atom is -0.311 e. The summed E-state index contributed by atoms with van der Waals surface area (Å²) in [6.45, 7) is 12.2. The molecule has 1 aromatic heterocycles. The van der Waals surface area contributed by atoms with Crippen molar-refractivity contribution in [3.8, 4) is 0 Å². The van der Waals surface area contributed by atoms with Crippen LogP contribution in [0.5, 0.6) is 0 Å². The number of nitrogens with one attached hydrogen (secondary N) is 1. The van der Waals surface area contributed by atoms with Crippen molar-refractivity contribution in [2.45, 2.75) is 46.3 Å². The highest BCUT2D eigenvalue weighted by Gasteiger charge is 2.11. The van der Waals surface area contributed by atoms with Crippen LogP contribution in [0.15, 0.2) is 15.2 Å². The van der Waals surface area contributed by atoms with Gasteiger partial charge in [-0.1, -0.05) is 0 Å². The lowest BCUT2D eigenvalue weighted by Gasteiger charge is -2.30. The summed E-state index contributed by atoms with van der Waals surface area (Å²) in [4.78, 5) is 2.51. The maximum Gasteiger partial charge on any atom is 0.0701 e. The molecule has 0 radical (unpaired) electrons. The zero-order valence-electron chi connectivity index (χ0n) is 11.2. The van der Waals surface area contributed by atoms with Crippen molar-refractivity contribution in [3.05, 3.63) is 20.8 Å². The molecule has 0 bridgehead atoms. The average Bonchev–Trinajstić information content (AvgIpc) is 2.62. The number of hydrogen-bond donors (Lipinski definition) is 1. The van der Waals surface area contributed by atoms with Crippen LogP contribution in [0.25, 0.3) is 0 Å². The molecule has 0 fully saturated rings. The SMILES string of the molecule is CC(C)N(CCNCc1csc(Br)c1)C(C)C. The smallest absolute Gasteiger partial charge is 0.0701 e. The molecule has 0 unspecified atom stereocenters. The molecule has 2 nitrogen and oxygen atoms in total. The molecule has 0 aliphatic heterocycles. The van der Waals surface area contributed by atoms with Gasteiger partial charge in [0.05, 0.1) is 3.79 Å². The summed E-state index contributed by atoms with van der Waals surface area (Å²) in [6.07, 6.45) is 0. The summed E-state index contributed by atoms with van der Waals surface area (Å²) in [6, 6.07) is 3.42. The summed E-state index contributed by atoms with van der Waals surface area (Å²) >= 11 is 5.23. The van der Waals surface area contributed by atoms with E-state index in [4.69, 9.17) is 0 Å². The Morgan fingerprint density at radius 3 is 2.41 bits per heavy atom. The lowest BCUT2D eigenvalue weighted by atomic mass is 10.2. The van der Waals surface area contributed by atoms with Crippen molar-refractivity contribution < 1.29 is 0 Å². The Balaban J connectivity index is 2.23. The molecular formula is C13H23BrN2S. The van der Waals surface area contributed by atoms with Gasteiger partial charge in [0, 0.05) is 31.7 Å². The first kappa shape index (κ1) is 15.2. The fourth-order valence-electron chi connectivity index (χ4n) is 1.99. The van der Waals surface area contributed by atoms with Crippen LogP contribution >= 0.6 is 27.3 Å². The molecule has 0 amide bonds. The third-order valence-corrected chi connectivity index (χ3v) is 4.38. The monoisotopic (exact) mass is 318 g/mol. The Kier molecular flexibility index (Phi) is 6.70. The second kappa shape index (κ2) is 7.52. The van der Waals surface area contributed by atoms with Gasteiger partial charge in [0.2, 0.25) is 0 Å². The van der Waals surface area contributed by atoms with E-state index in [-0.39, 0.29) is 0 Å². The summed E-state index contributed by atoms with van der Waals surface area (Å²) in [5, 5.41) is 5.69. The summed E-state index contributed by atoms with van der Waals surface area (Å²) < 4.78 is 1.21. The average molecular weight is 319 g/mol. The quantitative estimate of drug-likeness (QED) is 0.771. The molecule has 0 aliphatic carbocycles. The molecular weight excluding hydrogens is 296 g/mol. The van der Waals surface area contributed by atoms with E-state index < -0.39 is 0 Å². The first-order chi connectivity index (χ1) is 8.00. The first-order valence-corrected chi connectivity index (χ1v) is 7.87. The van der Waals surface area contributed by atoms with Gasteiger partial charge in [0.25, 0.3) is 0 Å². The predicted octanol–water partition coefficient (Wildman–Crippen LogP) is 3.72. The molecule has 0 atom stereocenters. The van der Waals surface area contributed by atoms with Crippen molar-refractivity contribution >= 4 is 27.3 Å². The molecule has 17 heavy (non-hydrogen) atoms. The Morgan fingerprint density at radius 1 is 1.29 bits per heavy atom. The summed E-state index contributed by atoms with van der Waals surface area (Å²) in [5.74, 6) is 0. The lowest BCUT2D eigenvalue weighted by molar-refractivity contribution is 0.176. The minimum absolute atomic E-state index is 0.618. The van der Waals surface area contributed by atoms with Gasteiger partial charge in [0.1, 0.15) is 0 Å². The standard InChI is InChI=1S/C13H23BrN2S/c1-10(2)16(11(3)4)6-5-15-8-12-7-13(14)17-9-12/h7,9-11,15H,5-6,8H2,1-4H3. The molecule has 1 N–H and O–H groups in total. The van der Waals surface area contributed by atoms with Gasteiger partial charge >= 0.3 is 0 Å². The molecule has 1 heterocycles. The normalized spacial score (nSPS) is 12.0. The van der Waals surface area contributed by atoms with E-state index in [0.29, 0.717) is 12.1 Å². The van der Waals surface area contributed by atoms with E-state index in [1.54, 1.807) is 11.3 Å². The predicted molar refractivity (Wildman–Crippen MR) is 80.7 cm³/mol. The van der Waals surface area contributed by atoms with Gasteiger partial charge in [-0.2, -0.15) is 0 Å². The fourth-order valence-corrected chi connectivity index (χ4v) is 3.20. The van der Waals surface area contributed by atoms with E-state index in [9.17, 15) is 0 Å². The van der Waals surface area contributed by atoms with Gasteiger partial charge in [-0.25, -0.2) is 0 Å². The second-order valence-corrected chi connectivity index (χ2v) is 7.15. The Hall–Kier alpha value is 0.100. The number of thiophene rings is 1. The van der Waals surface area contributed by atoms with Crippen LogP contribution in [-0.4, -0.2) is 30.1 Å². The van der Waals surface area contributed by atoms with Crippen molar-refractivity contribution in [1.29, 1.82) is 0 Å². The van der Waals surface area contributed by atoms with Gasteiger partial charge in [-0.3, -0.25) is 4.90 Å². The first-order valence-electron chi connectivity index (χ1n) is 6.20. The third kappa shape index (κ3) is 5.51. The Labute approximate surface area is 118 Å².